The molecule has 2 saturated heterocycles. The summed E-state index contributed by atoms with van der Waals surface area (Å²) in [5, 5.41) is 49.3. The molecule has 2 aliphatic rings. The molecule has 2 heterocycles. The van der Waals surface area contributed by atoms with Crippen molar-refractivity contribution in [3.8, 4) is 0 Å². The van der Waals surface area contributed by atoms with Gasteiger partial charge < -0.3 is 50.2 Å². The van der Waals surface area contributed by atoms with Crippen LogP contribution in [0.15, 0.2) is 0 Å². The highest BCUT2D eigenvalue weighted by atomic mass is 16.7. The van der Waals surface area contributed by atoms with E-state index in [0.717, 1.165) is 0 Å². The highest BCUT2D eigenvalue weighted by Crippen LogP contribution is 2.28. The summed E-state index contributed by atoms with van der Waals surface area (Å²) < 4.78 is 21.1. The zero-order valence-corrected chi connectivity index (χ0v) is 12.8. The van der Waals surface area contributed by atoms with Gasteiger partial charge in [-0.15, -0.1) is 0 Å². The van der Waals surface area contributed by atoms with Crippen LogP contribution in [-0.4, -0.2) is 101 Å². The van der Waals surface area contributed by atoms with Crippen LogP contribution in [0.5, 0.6) is 0 Å². The minimum atomic E-state index is -1.45. The molecule has 0 aromatic heterocycles. The Hall–Kier alpha value is -0.400. The van der Waals surface area contributed by atoms with Gasteiger partial charge in [0.25, 0.3) is 0 Å². The molecule has 0 spiro atoms. The van der Waals surface area contributed by atoms with E-state index in [1.54, 1.807) is 0 Å². The van der Waals surface area contributed by atoms with E-state index in [4.69, 9.17) is 24.7 Å². The van der Waals surface area contributed by atoms with Gasteiger partial charge >= 0.3 is 0 Å². The monoisotopic (exact) mass is 339 g/mol. The smallest absolute Gasteiger partial charge is 0.186 e. The summed E-state index contributed by atoms with van der Waals surface area (Å²) in [5.74, 6) is 0. The molecule has 0 aromatic carbocycles. The van der Waals surface area contributed by atoms with Crippen LogP contribution in [0.1, 0.15) is 6.42 Å². The van der Waals surface area contributed by atoms with E-state index >= 15 is 0 Å². The van der Waals surface area contributed by atoms with Gasteiger partial charge in [0, 0.05) is 20.1 Å². The summed E-state index contributed by atoms with van der Waals surface area (Å²) in [4.78, 5) is 0. The van der Waals surface area contributed by atoms with Crippen molar-refractivity contribution in [1.29, 1.82) is 0 Å². The molecule has 2 rings (SSSR count). The SMILES string of the molecule is CO[C@@H]1OC(CO)[C@H](O[C@@H]2OC(CN)C[C@H](O)C2O)[C@H](O)C1O. The topological polar surface area (TPSA) is 164 Å². The molecule has 7 N–H and O–H groups in total. The number of aliphatic hydroxyl groups excluding tert-OH is 5. The van der Waals surface area contributed by atoms with Crippen LogP contribution in [0.3, 0.4) is 0 Å². The van der Waals surface area contributed by atoms with Crippen LogP contribution in [0, 0.1) is 0 Å². The number of hydrogen-bond acceptors (Lipinski definition) is 10. The molecule has 136 valence electrons. The molecule has 4 unspecified atom stereocenters. The quantitative estimate of drug-likeness (QED) is 0.293. The maximum atomic E-state index is 10.2. The van der Waals surface area contributed by atoms with E-state index < -0.39 is 61.9 Å². The number of aliphatic hydroxyl groups is 5. The molecule has 0 aliphatic carbocycles. The van der Waals surface area contributed by atoms with Gasteiger partial charge in [0.15, 0.2) is 12.6 Å². The minimum absolute atomic E-state index is 0.116. The van der Waals surface area contributed by atoms with Crippen LogP contribution < -0.4 is 5.73 Å². The third kappa shape index (κ3) is 3.99. The Morgan fingerprint density at radius 3 is 2.30 bits per heavy atom. The second kappa shape index (κ2) is 8.12. The summed E-state index contributed by atoms with van der Waals surface area (Å²) in [6.45, 7) is -0.398. The fourth-order valence-electron chi connectivity index (χ4n) is 2.75. The van der Waals surface area contributed by atoms with Crippen molar-refractivity contribution in [1.82, 2.24) is 0 Å². The zero-order valence-electron chi connectivity index (χ0n) is 12.8. The van der Waals surface area contributed by atoms with Crippen LogP contribution in [0.2, 0.25) is 0 Å². The zero-order chi connectivity index (χ0) is 17.1. The summed E-state index contributed by atoms with van der Waals surface area (Å²) >= 11 is 0. The lowest BCUT2D eigenvalue weighted by molar-refractivity contribution is -0.345. The minimum Gasteiger partial charge on any atom is -0.394 e. The number of ether oxygens (including phenoxy) is 4. The predicted octanol–water partition coefficient (Wildman–Crippen LogP) is -3.75. The average Bonchev–Trinajstić information content (AvgIpc) is 2.55. The van der Waals surface area contributed by atoms with Gasteiger partial charge in [-0.05, 0) is 0 Å². The first kappa shape index (κ1) is 18.9. The van der Waals surface area contributed by atoms with Gasteiger partial charge in [-0.1, -0.05) is 0 Å². The number of hydrogen-bond donors (Lipinski definition) is 6. The van der Waals surface area contributed by atoms with E-state index in [2.05, 4.69) is 0 Å². The van der Waals surface area contributed by atoms with E-state index in [1.165, 1.54) is 7.11 Å². The third-order valence-corrected chi connectivity index (χ3v) is 4.11. The van der Waals surface area contributed by atoms with Gasteiger partial charge in [-0.2, -0.15) is 0 Å². The molecular weight excluding hydrogens is 314 g/mol. The summed E-state index contributed by atoms with van der Waals surface area (Å²) in [7, 11) is 1.28. The normalized spacial score (nSPS) is 48.4. The maximum Gasteiger partial charge on any atom is 0.186 e. The van der Waals surface area contributed by atoms with Crippen LogP contribution >= 0.6 is 0 Å². The molecule has 0 radical (unpaired) electrons. The molecule has 9 atom stereocenters. The van der Waals surface area contributed by atoms with Gasteiger partial charge in [0.1, 0.15) is 30.5 Å². The second-order valence-electron chi connectivity index (χ2n) is 5.70. The molecule has 2 aliphatic heterocycles. The highest BCUT2D eigenvalue weighted by Gasteiger charge is 2.48. The molecule has 0 saturated carbocycles. The predicted molar refractivity (Wildman–Crippen MR) is 74.0 cm³/mol. The molecule has 0 aromatic rings. The lowest BCUT2D eigenvalue weighted by Gasteiger charge is -2.44. The van der Waals surface area contributed by atoms with E-state index in [1.807, 2.05) is 0 Å². The average molecular weight is 339 g/mol. The Morgan fingerprint density at radius 2 is 1.74 bits per heavy atom. The van der Waals surface area contributed by atoms with Gasteiger partial charge in [-0.25, -0.2) is 0 Å². The molecular formula is C13H25NO9. The van der Waals surface area contributed by atoms with Crippen molar-refractivity contribution < 1.29 is 44.5 Å². The standard InChI is InChI=1S/C13H25NO9/c1-20-12-10(19)9(18)11(7(4-15)22-12)23-13-8(17)6(16)2-5(3-14)21-13/h5-13,15-19H,2-4,14H2,1H3/t5?,6-,7?,8?,9+,10?,11-,12+,13-/m0/s1. The van der Waals surface area contributed by atoms with Gasteiger partial charge in [-0.3, -0.25) is 0 Å². The summed E-state index contributed by atoms with van der Waals surface area (Å²) in [5.41, 5.74) is 5.50. The number of rotatable bonds is 5. The molecule has 10 nitrogen and oxygen atoms in total. The Balaban J connectivity index is 2.09. The fourth-order valence-corrected chi connectivity index (χ4v) is 2.75. The summed E-state index contributed by atoms with van der Waals surface area (Å²) in [6, 6.07) is 0. The summed E-state index contributed by atoms with van der Waals surface area (Å²) in [6.07, 6.45) is -10.3. The van der Waals surface area contributed by atoms with Crippen molar-refractivity contribution in [2.24, 2.45) is 5.73 Å². The van der Waals surface area contributed by atoms with Gasteiger partial charge in [0.05, 0.1) is 18.8 Å². The molecule has 23 heavy (non-hydrogen) atoms. The van der Waals surface area contributed by atoms with Crippen molar-refractivity contribution in [3.63, 3.8) is 0 Å². The Labute approximate surface area is 133 Å². The molecule has 0 bridgehead atoms. The highest BCUT2D eigenvalue weighted by molar-refractivity contribution is 4.92. The van der Waals surface area contributed by atoms with E-state index in [-0.39, 0.29) is 13.0 Å². The Bertz CT molecular complexity index is 371. The van der Waals surface area contributed by atoms with E-state index in [9.17, 15) is 25.5 Å². The Kier molecular flexibility index (Phi) is 6.68. The lowest BCUT2D eigenvalue weighted by atomic mass is 9.98. The van der Waals surface area contributed by atoms with Crippen LogP contribution in [-0.2, 0) is 18.9 Å². The van der Waals surface area contributed by atoms with E-state index in [0.29, 0.717) is 0 Å². The Morgan fingerprint density at radius 1 is 1.04 bits per heavy atom. The lowest BCUT2D eigenvalue weighted by Crippen LogP contribution is -2.62. The first-order valence-corrected chi connectivity index (χ1v) is 7.45. The van der Waals surface area contributed by atoms with Crippen molar-refractivity contribution >= 4 is 0 Å². The number of methoxy groups -OCH3 is 1. The largest absolute Gasteiger partial charge is 0.394 e. The van der Waals surface area contributed by atoms with Gasteiger partial charge in [0.2, 0.25) is 0 Å². The fraction of sp³-hybridized carbons (Fsp3) is 1.00. The van der Waals surface area contributed by atoms with Crippen molar-refractivity contribution in [2.45, 2.75) is 61.7 Å². The first-order valence-electron chi connectivity index (χ1n) is 7.45. The molecule has 2 fully saturated rings. The molecule has 0 amide bonds. The first-order chi connectivity index (χ1) is 10.9. The van der Waals surface area contributed by atoms with Crippen LogP contribution in [0.4, 0.5) is 0 Å². The third-order valence-electron chi connectivity index (χ3n) is 4.11. The van der Waals surface area contributed by atoms with Crippen molar-refractivity contribution in [2.75, 3.05) is 20.3 Å². The number of nitrogens with two attached hydrogens (primary N) is 1. The van der Waals surface area contributed by atoms with Crippen LogP contribution in [0.25, 0.3) is 0 Å². The second-order valence-corrected chi connectivity index (χ2v) is 5.70. The molecule has 10 heteroatoms. The van der Waals surface area contributed by atoms with Crippen molar-refractivity contribution in [3.05, 3.63) is 0 Å². The maximum absolute atomic E-state index is 10.2.